The monoisotopic (exact) mass is 354 g/mol. The Hall–Kier alpha value is -0.870. The molecular weight excluding hydrogens is 332 g/mol. The van der Waals surface area contributed by atoms with Crippen LogP contribution in [0.2, 0.25) is 0 Å². The predicted octanol–water partition coefficient (Wildman–Crippen LogP) is 4.14. The standard InChI is InChI=1S/C17H23BrO3/c1-16(2,3)21-15(19)14(18)12-7-5-6-8-13(12)17(4)9-10-20-11-17/h5-8,14H,9-11H2,1-4H3. The second kappa shape index (κ2) is 6.09. The molecule has 1 aromatic carbocycles. The minimum atomic E-state index is -0.488. The van der Waals surface area contributed by atoms with Gasteiger partial charge in [-0.25, -0.2) is 0 Å². The Bertz CT molecular complexity index is 513. The van der Waals surface area contributed by atoms with E-state index in [4.69, 9.17) is 9.47 Å². The van der Waals surface area contributed by atoms with Crippen molar-refractivity contribution < 1.29 is 14.3 Å². The van der Waals surface area contributed by atoms with E-state index < -0.39 is 10.4 Å². The van der Waals surface area contributed by atoms with E-state index in [1.54, 1.807) is 0 Å². The van der Waals surface area contributed by atoms with E-state index in [-0.39, 0.29) is 11.4 Å². The van der Waals surface area contributed by atoms with Crippen molar-refractivity contribution in [1.82, 2.24) is 0 Å². The number of hydrogen-bond donors (Lipinski definition) is 0. The lowest BCUT2D eigenvalue weighted by molar-refractivity contribution is -0.154. The number of benzene rings is 1. The van der Waals surface area contributed by atoms with Crippen LogP contribution in [-0.2, 0) is 19.7 Å². The summed E-state index contributed by atoms with van der Waals surface area (Å²) in [5, 5.41) is 0. The van der Waals surface area contributed by atoms with Crippen molar-refractivity contribution >= 4 is 21.9 Å². The van der Waals surface area contributed by atoms with E-state index in [2.05, 4.69) is 28.9 Å². The lowest BCUT2D eigenvalue weighted by Crippen LogP contribution is -2.28. The van der Waals surface area contributed by atoms with Crippen LogP contribution in [-0.4, -0.2) is 24.8 Å². The van der Waals surface area contributed by atoms with Crippen molar-refractivity contribution in [1.29, 1.82) is 0 Å². The highest BCUT2D eigenvalue weighted by Crippen LogP contribution is 2.39. The van der Waals surface area contributed by atoms with Crippen molar-refractivity contribution in [2.24, 2.45) is 0 Å². The fraction of sp³-hybridized carbons (Fsp3) is 0.588. The van der Waals surface area contributed by atoms with Crippen molar-refractivity contribution in [3.63, 3.8) is 0 Å². The number of hydrogen-bond acceptors (Lipinski definition) is 3. The highest BCUT2D eigenvalue weighted by Gasteiger charge is 2.36. The zero-order valence-electron chi connectivity index (χ0n) is 13.1. The Kier molecular flexibility index (Phi) is 4.79. The maximum absolute atomic E-state index is 12.3. The molecule has 0 bridgehead atoms. The van der Waals surface area contributed by atoms with E-state index in [1.807, 2.05) is 39.0 Å². The molecule has 1 saturated heterocycles. The molecule has 1 aliphatic heterocycles. The normalized spacial score (nSPS) is 23.9. The average molecular weight is 355 g/mol. The Morgan fingerprint density at radius 3 is 2.62 bits per heavy atom. The summed E-state index contributed by atoms with van der Waals surface area (Å²) < 4.78 is 11.0. The van der Waals surface area contributed by atoms with Gasteiger partial charge in [0.25, 0.3) is 0 Å². The van der Waals surface area contributed by atoms with Gasteiger partial charge < -0.3 is 9.47 Å². The van der Waals surface area contributed by atoms with E-state index in [0.29, 0.717) is 6.61 Å². The van der Waals surface area contributed by atoms with E-state index in [1.165, 1.54) is 0 Å². The van der Waals surface area contributed by atoms with E-state index in [0.717, 1.165) is 24.2 Å². The summed E-state index contributed by atoms with van der Waals surface area (Å²) in [7, 11) is 0. The molecule has 0 radical (unpaired) electrons. The van der Waals surface area contributed by atoms with Gasteiger partial charge in [0.05, 0.1) is 6.61 Å². The van der Waals surface area contributed by atoms with Crippen molar-refractivity contribution in [3.05, 3.63) is 35.4 Å². The summed E-state index contributed by atoms with van der Waals surface area (Å²) in [6, 6.07) is 8.04. The zero-order valence-corrected chi connectivity index (χ0v) is 14.7. The van der Waals surface area contributed by atoms with Gasteiger partial charge in [0, 0.05) is 12.0 Å². The van der Waals surface area contributed by atoms with Crippen LogP contribution < -0.4 is 0 Å². The van der Waals surface area contributed by atoms with Gasteiger partial charge in [-0.3, -0.25) is 4.79 Å². The van der Waals surface area contributed by atoms with Crippen LogP contribution in [0.5, 0.6) is 0 Å². The zero-order chi connectivity index (χ0) is 15.7. The van der Waals surface area contributed by atoms with Crippen molar-refractivity contribution in [2.75, 3.05) is 13.2 Å². The number of carbonyl (C=O) groups is 1. The van der Waals surface area contributed by atoms with Crippen LogP contribution in [0, 0.1) is 0 Å². The van der Waals surface area contributed by atoms with E-state index in [9.17, 15) is 4.79 Å². The number of rotatable bonds is 3. The second-order valence-corrected chi connectivity index (χ2v) is 7.76. The second-order valence-electron chi connectivity index (χ2n) is 6.85. The molecule has 3 nitrogen and oxygen atoms in total. The number of halogens is 1. The summed E-state index contributed by atoms with van der Waals surface area (Å²) in [5.41, 5.74) is 1.61. The molecule has 4 heteroatoms. The Morgan fingerprint density at radius 1 is 1.38 bits per heavy atom. The number of carbonyl (C=O) groups excluding carboxylic acids is 1. The van der Waals surface area contributed by atoms with Gasteiger partial charge in [-0.15, -0.1) is 0 Å². The highest BCUT2D eigenvalue weighted by molar-refractivity contribution is 9.09. The third-order valence-corrected chi connectivity index (χ3v) is 4.58. The molecule has 1 aliphatic rings. The van der Waals surface area contributed by atoms with Crippen molar-refractivity contribution in [3.8, 4) is 0 Å². The summed E-state index contributed by atoms with van der Waals surface area (Å²) >= 11 is 3.51. The van der Waals surface area contributed by atoms with Crippen molar-refractivity contribution in [2.45, 2.75) is 50.0 Å². The Balaban J connectivity index is 2.30. The average Bonchev–Trinajstić information content (AvgIpc) is 2.84. The minimum Gasteiger partial charge on any atom is -0.459 e. The summed E-state index contributed by atoms with van der Waals surface area (Å²) in [5.74, 6) is -0.252. The molecule has 0 N–H and O–H groups in total. The molecule has 2 unspecified atom stereocenters. The largest absolute Gasteiger partial charge is 0.459 e. The fourth-order valence-corrected chi connectivity index (χ4v) is 3.12. The first-order chi connectivity index (χ1) is 9.73. The number of esters is 1. The van der Waals surface area contributed by atoms with Gasteiger partial charge >= 0.3 is 5.97 Å². The first kappa shape index (κ1) is 16.5. The third kappa shape index (κ3) is 3.86. The molecule has 2 rings (SSSR count). The molecule has 116 valence electrons. The molecular formula is C17H23BrO3. The first-order valence-electron chi connectivity index (χ1n) is 7.27. The molecule has 1 aromatic rings. The van der Waals surface area contributed by atoms with Crippen LogP contribution in [0.15, 0.2) is 24.3 Å². The Labute approximate surface area is 135 Å². The topological polar surface area (TPSA) is 35.5 Å². The van der Waals surface area contributed by atoms with Gasteiger partial charge in [-0.05, 0) is 38.3 Å². The molecule has 0 amide bonds. The highest BCUT2D eigenvalue weighted by atomic mass is 79.9. The van der Waals surface area contributed by atoms with Crippen LogP contribution >= 0.6 is 15.9 Å². The predicted molar refractivity (Wildman–Crippen MR) is 86.7 cm³/mol. The van der Waals surface area contributed by atoms with E-state index >= 15 is 0 Å². The summed E-state index contributed by atoms with van der Waals surface area (Å²) in [4.78, 5) is 11.9. The molecule has 0 saturated carbocycles. The lowest BCUT2D eigenvalue weighted by Gasteiger charge is -2.28. The molecule has 0 aromatic heterocycles. The third-order valence-electron chi connectivity index (χ3n) is 3.72. The number of alkyl halides is 1. The SMILES string of the molecule is CC(C)(C)OC(=O)C(Br)c1ccccc1C1(C)CCOC1. The Morgan fingerprint density at radius 2 is 2.05 bits per heavy atom. The smallest absolute Gasteiger partial charge is 0.324 e. The quantitative estimate of drug-likeness (QED) is 0.604. The molecule has 0 spiro atoms. The first-order valence-corrected chi connectivity index (χ1v) is 8.19. The molecule has 2 atom stereocenters. The van der Waals surface area contributed by atoms with Crippen LogP contribution in [0.1, 0.15) is 50.1 Å². The van der Waals surface area contributed by atoms with Gasteiger partial charge in [-0.1, -0.05) is 47.1 Å². The van der Waals surface area contributed by atoms with Gasteiger partial charge in [-0.2, -0.15) is 0 Å². The lowest BCUT2D eigenvalue weighted by atomic mass is 9.79. The molecule has 1 heterocycles. The van der Waals surface area contributed by atoms with Gasteiger partial charge in [0.15, 0.2) is 0 Å². The van der Waals surface area contributed by atoms with Crippen LogP contribution in [0.25, 0.3) is 0 Å². The molecule has 0 aliphatic carbocycles. The van der Waals surface area contributed by atoms with Crippen LogP contribution in [0.3, 0.4) is 0 Å². The fourth-order valence-electron chi connectivity index (χ4n) is 2.63. The number of ether oxygens (including phenoxy) is 2. The van der Waals surface area contributed by atoms with Gasteiger partial charge in [0.1, 0.15) is 10.4 Å². The maximum Gasteiger partial charge on any atom is 0.324 e. The maximum atomic E-state index is 12.3. The summed E-state index contributed by atoms with van der Waals surface area (Å²) in [6.07, 6.45) is 0.970. The molecule has 21 heavy (non-hydrogen) atoms. The van der Waals surface area contributed by atoms with Crippen LogP contribution in [0.4, 0.5) is 0 Å². The van der Waals surface area contributed by atoms with Gasteiger partial charge in [0.2, 0.25) is 0 Å². The summed E-state index contributed by atoms with van der Waals surface area (Å²) in [6.45, 7) is 9.28. The molecule has 1 fully saturated rings. The minimum absolute atomic E-state index is 0.0371.